The van der Waals surface area contributed by atoms with Gasteiger partial charge in [0.2, 0.25) is 0 Å². The van der Waals surface area contributed by atoms with E-state index in [0.717, 1.165) is 5.75 Å². The molecule has 1 heteroatoms. The molecule has 0 aliphatic carbocycles. The lowest BCUT2D eigenvalue weighted by Gasteiger charge is -2.01. The van der Waals surface area contributed by atoms with Crippen LogP contribution in [0, 0.1) is 0 Å². The first-order valence-electron chi connectivity index (χ1n) is 7.97. The Morgan fingerprint density at radius 2 is 2.00 bits per heavy atom. The maximum absolute atomic E-state index is 7.20. The van der Waals surface area contributed by atoms with Gasteiger partial charge in [0.05, 0.1) is 6.61 Å². The van der Waals surface area contributed by atoms with Crippen LogP contribution in [-0.2, 0) is 0 Å². The van der Waals surface area contributed by atoms with Crippen LogP contribution >= 0.6 is 0 Å². The molecule has 1 unspecified atom stereocenters. The fraction of sp³-hybridized carbons (Fsp3) is 0.455. The minimum atomic E-state index is -0.157. The minimum absolute atomic E-state index is 0.157. The van der Waals surface area contributed by atoms with E-state index in [-0.39, 0.29) is 6.40 Å². The molecule has 0 N–H and O–H groups in total. The monoisotopic (exact) mass is 186 g/mol. The van der Waals surface area contributed by atoms with Crippen LogP contribution in [0.1, 0.15) is 37.4 Å². The summed E-state index contributed by atoms with van der Waals surface area (Å²) < 4.78 is 42.5. The molecule has 1 aromatic carbocycles. The first kappa shape index (κ1) is 5.63. The zero-order chi connectivity index (χ0) is 16.1. The van der Waals surface area contributed by atoms with E-state index in [1.165, 1.54) is 0 Å². The normalized spacial score (nSPS) is 14.1. The van der Waals surface area contributed by atoms with Crippen LogP contribution in [0.2, 0.25) is 0 Å². The molecule has 0 bridgehead atoms. The van der Waals surface area contributed by atoms with Crippen molar-refractivity contribution in [2.24, 2.45) is 0 Å². The van der Waals surface area contributed by atoms with Gasteiger partial charge in [0, 0.05) is 10.3 Å². The van der Waals surface area contributed by atoms with Gasteiger partial charge in [-0.25, -0.2) is 0 Å². The molecule has 12 heavy (non-hydrogen) atoms. The standard InChI is InChI=1S/C9H12O.C2H6.3H2/c1-2-8-10-9-6-4-3-5-7-9;1-2;;;/h3-7H,2,8H2,1H3;1-2H3;3*1H/i2T;;3*1+2T. The fourth-order valence-electron chi connectivity index (χ4n) is 0.696. The van der Waals surface area contributed by atoms with Gasteiger partial charge in [-0.2, -0.15) is 0 Å². The SMILES string of the molecule is CC.[3H]C(C)COc1ccccc1.[3H][3H].[3H][3H].[3H][3H]. The lowest BCUT2D eigenvalue weighted by atomic mass is 10.3. The largest absolute Gasteiger partial charge is 0.494 e. The first-order chi connectivity index (χ1) is 9.29. The maximum Gasteiger partial charge on any atom is 0.119 e. The second-order valence-corrected chi connectivity index (χ2v) is 2.03. The molecule has 0 spiro atoms. The van der Waals surface area contributed by atoms with Crippen molar-refractivity contribution in [3.63, 3.8) is 0 Å². The number of rotatable bonds is 3. The zero-order valence-electron chi connectivity index (χ0n) is 15.1. The van der Waals surface area contributed by atoms with E-state index in [0.29, 0.717) is 6.61 Å². The summed E-state index contributed by atoms with van der Waals surface area (Å²) in [6, 6.07) is 9.57. The molecule has 1 atom stereocenters. The van der Waals surface area contributed by atoms with Crippen molar-refractivity contribution in [2.45, 2.75) is 27.2 Å². The Morgan fingerprint density at radius 1 is 1.42 bits per heavy atom. The first-order valence-corrected chi connectivity index (χ1v) is 4.39. The summed E-state index contributed by atoms with van der Waals surface area (Å²) in [4.78, 5) is 0. The highest BCUT2D eigenvalue weighted by atomic mass is 16.5. The van der Waals surface area contributed by atoms with E-state index in [1.54, 1.807) is 0 Å². The molecule has 0 fully saturated rings. The van der Waals surface area contributed by atoms with Gasteiger partial charge in [-0.15, -0.1) is 0 Å². The third-order valence-electron chi connectivity index (χ3n) is 1.16. The van der Waals surface area contributed by atoms with Crippen LogP contribution in [0.25, 0.3) is 0 Å². The molecule has 0 amide bonds. The Kier molecular flexibility index (Phi) is 3.81. The van der Waals surface area contributed by atoms with Gasteiger partial charge in [0.15, 0.2) is 0 Å². The van der Waals surface area contributed by atoms with Gasteiger partial charge in [-0.1, -0.05) is 39.0 Å². The number of para-hydroxylation sites is 1. The van der Waals surface area contributed by atoms with E-state index in [4.69, 9.17) is 15.0 Å². The molecular formula is C11H24O. The van der Waals surface area contributed by atoms with Crippen LogP contribution < -0.4 is 4.74 Å². The van der Waals surface area contributed by atoms with Crippen LogP contribution in [0.4, 0.5) is 0 Å². The smallest absolute Gasteiger partial charge is 0.119 e. The van der Waals surface area contributed by atoms with Gasteiger partial charge < -0.3 is 4.74 Å². The average molecular weight is 186 g/mol. The summed E-state index contributed by atoms with van der Waals surface area (Å²) in [5.41, 5.74) is 0. The molecule has 1 aromatic rings. The third-order valence-corrected chi connectivity index (χ3v) is 1.16. The molecule has 0 radical (unpaired) electrons. The Balaban J connectivity index is -0.000000121. The van der Waals surface area contributed by atoms with Crippen molar-refractivity contribution in [1.82, 2.24) is 0 Å². The molecule has 0 saturated carbocycles. The second kappa shape index (κ2) is 8.12. The topological polar surface area (TPSA) is 9.23 Å². The molecule has 0 heterocycles. The molecule has 74 valence electrons. The lowest BCUT2D eigenvalue weighted by molar-refractivity contribution is 0.317. The number of hydrogen-bond donors (Lipinski definition) is 0. The summed E-state index contributed by atoms with van der Waals surface area (Å²) in [7, 11) is 0. The minimum Gasteiger partial charge on any atom is -0.494 e. The van der Waals surface area contributed by atoms with Crippen molar-refractivity contribution in [3.05, 3.63) is 30.3 Å². The predicted molar refractivity (Wildman–Crippen MR) is 59.9 cm³/mol. The number of hydrogen-bond acceptors (Lipinski definition) is 1. The van der Waals surface area contributed by atoms with Gasteiger partial charge >= 0.3 is 0 Å². The van der Waals surface area contributed by atoms with Gasteiger partial charge in [0.25, 0.3) is 0 Å². The van der Waals surface area contributed by atoms with E-state index in [9.17, 15) is 0 Å². The lowest BCUT2D eigenvalue weighted by Crippen LogP contribution is -1.93. The molecule has 1 nitrogen and oxygen atoms in total. The fourth-order valence-corrected chi connectivity index (χ4v) is 0.696. The van der Waals surface area contributed by atoms with E-state index in [2.05, 4.69) is 0 Å². The van der Waals surface area contributed by atoms with E-state index in [1.807, 2.05) is 51.1 Å². The maximum atomic E-state index is 7.20. The molecule has 0 aliphatic heterocycles. The molecule has 0 aromatic heterocycles. The van der Waals surface area contributed by atoms with Gasteiger partial charge in [-0.3, -0.25) is 0 Å². The summed E-state index contributed by atoms with van der Waals surface area (Å²) in [6.07, 6.45) is -0.157. The summed E-state index contributed by atoms with van der Waals surface area (Å²) in [5, 5.41) is 0. The van der Waals surface area contributed by atoms with Crippen molar-refractivity contribution in [1.29, 1.82) is 0 Å². The number of benzene rings is 1. The molecule has 1 rings (SSSR count). The Morgan fingerprint density at radius 3 is 2.50 bits per heavy atom. The van der Waals surface area contributed by atoms with Crippen LogP contribution in [0.5, 0.6) is 5.75 Å². The van der Waals surface area contributed by atoms with Crippen LogP contribution in [0.15, 0.2) is 30.3 Å². The van der Waals surface area contributed by atoms with E-state index >= 15 is 0 Å². The summed E-state index contributed by atoms with van der Waals surface area (Å²) in [5.74, 6) is 0.839. The summed E-state index contributed by atoms with van der Waals surface area (Å²) in [6.45, 7) is 6.27. The summed E-state index contributed by atoms with van der Waals surface area (Å²) >= 11 is 0. The second-order valence-electron chi connectivity index (χ2n) is 2.03. The van der Waals surface area contributed by atoms with Crippen molar-refractivity contribution in [3.8, 4) is 5.75 Å². The van der Waals surface area contributed by atoms with E-state index < -0.39 is 0 Å². The zero-order valence-corrected chi connectivity index (χ0v) is 8.08. The molecule has 0 aliphatic rings. The molecular weight excluding hydrogens is 148 g/mol. The quantitative estimate of drug-likeness (QED) is 0.686. The predicted octanol–water partition coefficient (Wildman–Crippen LogP) is 4.24. The highest BCUT2D eigenvalue weighted by Gasteiger charge is 1.86. The van der Waals surface area contributed by atoms with Crippen molar-refractivity contribution < 1.29 is 15.0 Å². The van der Waals surface area contributed by atoms with Crippen LogP contribution in [0.3, 0.4) is 0 Å². The Bertz CT molecular complexity index is 209. The van der Waals surface area contributed by atoms with Gasteiger partial charge in [0.1, 0.15) is 5.75 Å². The number of ether oxygens (including phenoxy) is 1. The molecule has 0 saturated heterocycles. The Labute approximate surface area is 86.0 Å². The highest BCUT2D eigenvalue weighted by molar-refractivity contribution is 5.20. The average Bonchev–Trinajstić information content (AvgIpc) is 2.54. The van der Waals surface area contributed by atoms with Crippen molar-refractivity contribution >= 4 is 0 Å². The van der Waals surface area contributed by atoms with Gasteiger partial charge in [-0.05, 0) is 18.5 Å². The Hall–Kier alpha value is -0.980. The highest BCUT2D eigenvalue weighted by Crippen LogP contribution is 2.07. The van der Waals surface area contributed by atoms with Crippen molar-refractivity contribution in [2.75, 3.05) is 6.61 Å². The third kappa shape index (κ3) is 4.78. The van der Waals surface area contributed by atoms with Crippen LogP contribution in [-0.4, -0.2) is 6.61 Å².